The minimum absolute atomic E-state index is 0.938. The molecule has 0 aliphatic carbocycles. The summed E-state index contributed by atoms with van der Waals surface area (Å²) in [6.45, 7) is 3.17. The van der Waals surface area contributed by atoms with Crippen LogP contribution in [0.5, 0.6) is 0 Å². The zero-order valence-corrected chi connectivity index (χ0v) is 14.5. The van der Waals surface area contributed by atoms with Gasteiger partial charge in [-0.2, -0.15) is 0 Å². The largest absolute Gasteiger partial charge is 0.328 e. The molecule has 1 aromatic carbocycles. The summed E-state index contributed by atoms with van der Waals surface area (Å²) in [4.78, 5) is 9.11. The molecule has 0 N–H and O–H groups in total. The van der Waals surface area contributed by atoms with Crippen LogP contribution < -0.4 is 0 Å². The van der Waals surface area contributed by atoms with Gasteiger partial charge in [-0.05, 0) is 34.9 Å². The molecule has 4 rings (SSSR count). The molecular weight excluding hydrogens is 322 g/mol. The standard InChI is InChI=1S/C18H17N3S2/c1-2-9-21-12-20-15-7-8-19-18(17(15)21)23-11-13-10-22-16-6-4-3-5-14(13)16/h3-8,10,12H,2,9,11H2,1H3. The number of rotatable bonds is 5. The smallest absolute Gasteiger partial charge is 0.122 e. The van der Waals surface area contributed by atoms with Gasteiger partial charge in [-0.1, -0.05) is 36.9 Å². The predicted molar refractivity (Wildman–Crippen MR) is 99.2 cm³/mol. The van der Waals surface area contributed by atoms with Crippen molar-refractivity contribution in [3.8, 4) is 0 Å². The van der Waals surface area contributed by atoms with Crippen LogP contribution in [0.2, 0.25) is 0 Å². The molecule has 3 nitrogen and oxygen atoms in total. The zero-order chi connectivity index (χ0) is 15.6. The van der Waals surface area contributed by atoms with Crippen LogP contribution in [0.1, 0.15) is 18.9 Å². The lowest BCUT2D eigenvalue weighted by Crippen LogP contribution is -1.96. The molecule has 116 valence electrons. The Kier molecular flexibility index (Phi) is 4.06. The summed E-state index contributed by atoms with van der Waals surface area (Å²) in [5.41, 5.74) is 3.58. The molecule has 23 heavy (non-hydrogen) atoms. The summed E-state index contributed by atoms with van der Waals surface area (Å²) in [5.74, 6) is 0.938. The van der Waals surface area contributed by atoms with Gasteiger partial charge in [0.25, 0.3) is 0 Å². The molecule has 0 saturated heterocycles. The SMILES string of the molecule is CCCn1cnc2ccnc(SCc3csc4ccccc34)c21. The summed E-state index contributed by atoms with van der Waals surface area (Å²) in [5, 5.41) is 4.70. The van der Waals surface area contributed by atoms with Crippen LogP contribution in [0.4, 0.5) is 0 Å². The van der Waals surface area contributed by atoms with Crippen molar-refractivity contribution in [1.82, 2.24) is 14.5 Å². The van der Waals surface area contributed by atoms with Gasteiger partial charge in [0.05, 0.1) is 11.8 Å². The van der Waals surface area contributed by atoms with Crippen molar-refractivity contribution in [2.75, 3.05) is 0 Å². The van der Waals surface area contributed by atoms with Crippen LogP contribution in [0.3, 0.4) is 0 Å². The van der Waals surface area contributed by atoms with E-state index in [0.717, 1.165) is 29.3 Å². The molecule has 4 aromatic rings. The van der Waals surface area contributed by atoms with Crippen molar-refractivity contribution in [2.45, 2.75) is 30.7 Å². The van der Waals surface area contributed by atoms with Gasteiger partial charge in [-0.3, -0.25) is 0 Å². The van der Waals surface area contributed by atoms with Crippen LogP contribution in [-0.2, 0) is 12.3 Å². The third-order valence-corrected chi connectivity index (χ3v) is 5.92. The van der Waals surface area contributed by atoms with Gasteiger partial charge < -0.3 is 4.57 Å². The maximum absolute atomic E-state index is 4.61. The van der Waals surface area contributed by atoms with Gasteiger partial charge in [-0.25, -0.2) is 9.97 Å². The molecule has 0 spiro atoms. The third-order valence-electron chi connectivity index (χ3n) is 3.88. The van der Waals surface area contributed by atoms with Gasteiger partial charge in [0.2, 0.25) is 0 Å². The van der Waals surface area contributed by atoms with E-state index < -0.39 is 0 Å². The maximum Gasteiger partial charge on any atom is 0.122 e. The van der Waals surface area contributed by atoms with E-state index in [-0.39, 0.29) is 0 Å². The summed E-state index contributed by atoms with van der Waals surface area (Å²) < 4.78 is 3.57. The van der Waals surface area contributed by atoms with E-state index in [1.165, 1.54) is 21.2 Å². The normalized spacial score (nSPS) is 11.5. The Balaban J connectivity index is 1.66. The van der Waals surface area contributed by atoms with Gasteiger partial charge in [0.1, 0.15) is 10.5 Å². The lowest BCUT2D eigenvalue weighted by atomic mass is 10.2. The molecule has 3 heterocycles. The molecule has 0 aliphatic heterocycles. The van der Waals surface area contributed by atoms with Crippen LogP contribution in [-0.4, -0.2) is 14.5 Å². The summed E-state index contributed by atoms with van der Waals surface area (Å²) in [6.07, 6.45) is 4.89. The second kappa shape index (κ2) is 6.34. The van der Waals surface area contributed by atoms with Crippen LogP contribution in [0.15, 0.2) is 53.3 Å². The van der Waals surface area contributed by atoms with Gasteiger partial charge >= 0.3 is 0 Å². The number of hydrogen-bond acceptors (Lipinski definition) is 4. The summed E-state index contributed by atoms with van der Waals surface area (Å²) in [6, 6.07) is 10.6. The molecule has 3 aromatic heterocycles. The number of fused-ring (bicyclic) bond motifs is 2. The number of hydrogen-bond donors (Lipinski definition) is 0. The van der Waals surface area contributed by atoms with Crippen molar-refractivity contribution < 1.29 is 0 Å². The number of thiophene rings is 1. The highest BCUT2D eigenvalue weighted by atomic mass is 32.2. The van der Waals surface area contributed by atoms with Gasteiger partial charge in [0, 0.05) is 23.2 Å². The van der Waals surface area contributed by atoms with Crippen molar-refractivity contribution in [3.63, 3.8) is 0 Å². The number of thioether (sulfide) groups is 1. The highest BCUT2D eigenvalue weighted by Gasteiger charge is 2.11. The quantitative estimate of drug-likeness (QED) is 0.459. The van der Waals surface area contributed by atoms with Gasteiger partial charge in [-0.15, -0.1) is 11.3 Å². The first-order valence-electron chi connectivity index (χ1n) is 7.74. The van der Waals surface area contributed by atoms with Crippen LogP contribution in [0.25, 0.3) is 21.1 Å². The Morgan fingerprint density at radius 1 is 1.17 bits per heavy atom. The summed E-state index contributed by atoms with van der Waals surface area (Å²) >= 11 is 3.62. The van der Waals surface area contributed by atoms with Crippen molar-refractivity contribution in [1.29, 1.82) is 0 Å². The van der Waals surface area contributed by atoms with E-state index in [4.69, 9.17) is 0 Å². The molecule has 0 unspecified atom stereocenters. The first-order chi connectivity index (χ1) is 11.4. The number of pyridine rings is 1. The lowest BCUT2D eigenvalue weighted by molar-refractivity contribution is 0.692. The highest BCUT2D eigenvalue weighted by Crippen LogP contribution is 2.33. The second-order valence-corrected chi connectivity index (χ2v) is 7.34. The molecule has 0 radical (unpaired) electrons. The van der Waals surface area contributed by atoms with E-state index in [9.17, 15) is 0 Å². The predicted octanol–water partition coefficient (Wildman–Crippen LogP) is 5.35. The van der Waals surface area contributed by atoms with E-state index in [0.29, 0.717) is 0 Å². The van der Waals surface area contributed by atoms with E-state index >= 15 is 0 Å². The minimum Gasteiger partial charge on any atom is -0.328 e. The molecule has 0 fully saturated rings. The Labute approximate surface area is 143 Å². The van der Waals surface area contributed by atoms with Crippen molar-refractivity contribution in [3.05, 3.63) is 53.8 Å². The fourth-order valence-electron chi connectivity index (χ4n) is 2.80. The van der Waals surface area contributed by atoms with E-state index in [2.05, 4.69) is 51.1 Å². The summed E-state index contributed by atoms with van der Waals surface area (Å²) in [7, 11) is 0. The number of benzene rings is 1. The lowest BCUT2D eigenvalue weighted by Gasteiger charge is -2.06. The Bertz CT molecular complexity index is 955. The molecular formula is C18H17N3S2. The van der Waals surface area contributed by atoms with E-state index in [1.807, 2.05) is 29.9 Å². The fourth-order valence-corrected chi connectivity index (χ4v) is 4.89. The average Bonchev–Trinajstić information content (AvgIpc) is 3.18. The Morgan fingerprint density at radius 3 is 3.00 bits per heavy atom. The molecule has 0 aliphatic rings. The topological polar surface area (TPSA) is 30.7 Å². The monoisotopic (exact) mass is 339 g/mol. The van der Waals surface area contributed by atoms with Crippen LogP contribution >= 0.6 is 23.1 Å². The molecule has 0 saturated carbocycles. The number of aryl methyl sites for hydroxylation is 1. The number of aromatic nitrogens is 3. The fraction of sp³-hybridized carbons (Fsp3) is 0.222. The third kappa shape index (κ3) is 2.75. The number of imidazole rings is 1. The minimum atomic E-state index is 0.938. The van der Waals surface area contributed by atoms with Crippen LogP contribution in [0, 0.1) is 0 Å². The zero-order valence-electron chi connectivity index (χ0n) is 12.9. The molecule has 0 amide bonds. The maximum atomic E-state index is 4.61. The average molecular weight is 339 g/mol. The first kappa shape index (κ1) is 14.7. The Morgan fingerprint density at radius 2 is 2.09 bits per heavy atom. The number of nitrogens with zero attached hydrogens (tertiary/aromatic N) is 3. The van der Waals surface area contributed by atoms with E-state index in [1.54, 1.807) is 11.8 Å². The van der Waals surface area contributed by atoms with Crippen molar-refractivity contribution >= 4 is 44.2 Å². The Hall–Kier alpha value is -1.85. The van der Waals surface area contributed by atoms with Gasteiger partial charge in [0.15, 0.2) is 0 Å². The van der Waals surface area contributed by atoms with Crippen molar-refractivity contribution in [2.24, 2.45) is 0 Å². The highest BCUT2D eigenvalue weighted by molar-refractivity contribution is 7.98. The first-order valence-corrected chi connectivity index (χ1v) is 9.61. The second-order valence-electron chi connectivity index (χ2n) is 5.47. The molecule has 5 heteroatoms. The molecule has 0 atom stereocenters. The molecule has 0 bridgehead atoms.